The molecule has 0 saturated heterocycles. The van der Waals surface area contributed by atoms with Crippen LogP contribution < -0.4 is 15.8 Å². The second-order valence-electron chi connectivity index (χ2n) is 5.59. The number of hydrazine groups is 1. The molecule has 2 amide bonds. The van der Waals surface area contributed by atoms with Crippen molar-refractivity contribution in [1.82, 2.24) is 10.7 Å². The number of carbonyl (C=O) groups excluding carboxylic acids is 2. The van der Waals surface area contributed by atoms with Crippen LogP contribution in [-0.2, 0) is 9.59 Å². The predicted octanol–water partition coefficient (Wildman–Crippen LogP) is 1.95. The zero-order valence-corrected chi connectivity index (χ0v) is 13.6. The van der Waals surface area contributed by atoms with E-state index in [0.717, 1.165) is 0 Å². The highest BCUT2D eigenvalue weighted by molar-refractivity contribution is 6.39. The second kappa shape index (κ2) is 7.12. The van der Waals surface area contributed by atoms with E-state index in [2.05, 4.69) is 15.7 Å². The van der Waals surface area contributed by atoms with Crippen LogP contribution in [0.15, 0.2) is 59.6 Å². The Morgan fingerprint density at radius 3 is 2.72 bits per heavy atom. The zero-order chi connectivity index (χ0) is 17.8. The number of nitrogens with zero attached hydrogens (tertiary/aromatic N) is 2. The Hall–Kier alpha value is -3.22. The molecule has 0 saturated carbocycles. The fraction of sp³-hybridized carbons (Fsp3) is 0.167. The number of amidine groups is 1. The first-order chi connectivity index (χ1) is 12.0. The number of nitrogens with one attached hydrogen (secondary N) is 2. The van der Waals surface area contributed by atoms with Gasteiger partial charge in [-0.25, -0.2) is 9.40 Å². The Bertz CT molecular complexity index is 823. The molecule has 1 heterocycles. The predicted molar refractivity (Wildman–Crippen MR) is 92.3 cm³/mol. The van der Waals surface area contributed by atoms with Crippen LogP contribution in [0.4, 0.5) is 10.1 Å². The molecule has 2 aromatic carbocycles. The molecule has 3 rings (SSSR count). The van der Waals surface area contributed by atoms with E-state index in [1.807, 2.05) is 6.07 Å². The summed E-state index contributed by atoms with van der Waals surface area (Å²) in [6, 6.07) is 14.5. The van der Waals surface area contributed by atoms with Crippen LogP contribution in [0.25, 0.3) is 0 Å². The van der Waals surface area contributed by atoms with Crippen molar-refractivity contribution >= 4 is 23.3 Å². The molecule has 2 N–H and O–H groups in total. The van der Waals surface area contributed by atoms with E-state index < -0.39 is 11.9 Å². The maximum absolute atomic E-state index is 13.3. The summed E-state index contributed by atoms with van der Waals surface area (Å²) in [5, 5.41) is 4.03. The minimum atomic E-state index is -0.467. The summed E-state index contributed by atoms with van der Waals surface area (Å²) in [4.78, 5) is 28.4. The molecular formula is C18H17FN4O2. The van der Waals surface area contributed by atoms with Crippen molar-refractivity contribution in [3.05, 3.63) is 66.0 Å². The maximum Gasteiger partial charge on any atom is 0.288 e. The minimum Gasteiger partial charge on any atom is -0.343 e. The van der Waals surface area contributed by atoms with Gasteiger partial charge in [-0.1, -0.05) is 30.3 Å². The Labute approximate surface area is 144 Å². The Kier molecular flexibility index (Phi) is 4.74. The summed E-state index contributed by atoms with van der Waals surface area (Å²) in [7, 11) is 0. The average molecular weight is 340 g/mol. The number of anilines is 1. The summed E-state index contributed by atoms with van der Waals surface area (Å²) in [6.07, 6.45) is 0. The lowest BCUT2D eigenvalue weighted by Crippen LogP contribution is -2.56. The van der Waals surface area contributed by atoms with Gasteiger partial charge in [0.05, 0.1) is 11.7 Å². The van der Waals surface area contributed by atoms with Gasteiger partial charge >= 0.3 is 0 Å². The number of rotatable bonds is 4. The average Bonchev–Trinajstić information content (AvgIpc) is 2.62. The quantitative estimate of drug-likeness (QED) is 0.893. The van der Waals surface area contributed by atoms with Crippen LogP contribution in [0.1, 0.15) is 18.5 Å². The van der Waals surface area contributed by atoms with Crippen LogP contribution in [0, 0.1) is 5.82 Å². The highest BCUT2D eigenvalue weighted by Gasteiger charge is 2.26. The molecule has 0 bridgehead atoms. The number of aliphatic imine (C=N–C) groups is 1. The van der Waals surface area contributed by atoms with Crippen molar-refractivity contribution in [3.63, 3.8) is 0 Å². The van der Waals surface area contributed by atoms with Crippen LogP contribution in [0.5, 0.6) is 0 Å². The molecule has 0 aliphatic carbocycles. The van der Waals surface area contributed by atoms with E-state index in [1.165, 1.54) is 17.1 Å². The van der Waals surface area contributed by atoms with Crippen molar-refractivity contribution in [2.24, 2.45) is 4.99 Å². The van der Waals surface area contributed by atoms with Gasteiger partial charge in [-0.2, -0.15) is 0 Å². The lowest BCUT2D eigenvalue weighted by Gasteiger charge is -2.28. The molecule has 1 atom stereocenters. The standard InChI is InChI=1S/C18H17FN4O2/c1-12(13-6-5-7-14(19)10-13)21-18(25)17-20-11-16(24)23(22-17)15-8-3-2-4-9-15/h2-10,12H,11H2,1H3,(H,20,22)(H,21,25). The number of amides is 2. The van der Waals surface area contributed by atoms with Gasteiger partial charge in [0, 0.05) is 0 Å². The number of hydrogen-bond donors (Lipinski definition) is 2. The van der Waals surface area contributed by atoms with E-state index in [9.17, 15) is 14.0 Å². The van der Waals surface area contributed by atoms with Gasteiger partial charge in [0.15, 0.2) is 0 Å². The Morgan fingerprint density at radius 2 is 2.00 bits per heavy atom. The molecule has 0 spiro atoms. The number of hydrogen-bond acceptors (Lipinski definition) is 4. The van der Waals surface area contributed by atoms with Gasteiger partial charge in [0.25, 0.3) is 11.8 Å². The molecule has 1 aliphatic rings. The molecule has 0 fully saturated rings. The third-order valence-corrected chi connectivity index (χ3v) is 3.77. The molecular weight excluding hydrogens is 323 g/mol. The fourth-order valence-corrected chi connectivity index (χ4v) is 2.45. The monoisotopic (exact) mass is 340 g/mol. The lowest BCUT2D eigenvalue weighted by atomic mass is 10.1. The highest BCUT2D eigenvalue weighted by Crippen LogP contribution is 2.15. The zero-order valence-electron chi connectivity index (χ0n) is 13.6. The summed E-state index contributed by atoms with van der Waals surface area (Å²) in [5.74, 6) is -1.06. The smallest absolute Gasteiger partial charge is 0.288 e. The molecule has 0 aromatic heterocycles. The minimum absolute atomic E-state index is 0.0340. The number of benzene rings is 2. The van der Waals surface area contributed by atoms with Crippen LogP contribution >= 0.6 is 0 Å². The van der Waals surface area contributed by atoms with Crippen LogP contribution in [0.2, 0.25) is 0 Å². The molecule has 2 aromatic rings. The van der Waals surface area contributed by atoms with Gasteiger partial charge in [-0.05, 0) is 36.8 Å². The summed E-state index contributed by atoms with van der Waals surface area (Å²) in [6.45, 7) is 1.62. The third-order valence-electron chi connectivity index (χ3n) is 3.77. The molecule has 1 unspecified atom stereocenters. The van der Waals surface area contributed by atoms with Gasteiger partial charge in [-0.3, -0.25) is 20.0 Å². The topological polar surface area (TPSA) is 73.8 Å². The first kappa shape index (κ1) is 16.6. The fourth-order valence-electron chi connectivity index (χ4n) is 2.45. The van der Waals surface area contributed by atoms with Crippen LogP contribution in [0.3, 0.4) is 0 Å². The second-order valence-corrected chi connectivity index (χ2v) is 5.59. The summed E-state index contributed by atoms with van der Waals surface area (Å²) < 4.78 is 13.3. The molecule has 128 valence electrons. The van der Waals surface area contributed by atoms with Gasteiger partial charge in [0.1, 0.15) is 12.4 Å². The van der Waals surface area contributed by atoms with E-state index in [0.29, 0.717) is 11.3 Å². The number of halogens is 1. The van der Waals surface area contributed by atoms with Gasteiger partial charge in [0.2, 0.25) is 5.84 Å². The molecule has 0 radical (unpaired) electrons. The summed E-state index contributed by atoms with van der Waals surface area (Å²) in [5.41, 5.74) is 3.99. The number of carbonyl (C=O) groups is 2. The van der Waals surface area contributed by atoms with Gasteiger partial charge < -0.3 is 5.32 Å². The van der Waals surface area contributed by atoms with E-state index in [4.69, 9.17) is 0 Å². The number of para-hydroxylation sites is 1. The SMILES string of the molecule is CC(NC(=O)C1=NCC(=O)N(c2ccccc2)N1)c1cccc(F)c1. The summed E-state index contributed by atoms with van der Waals surface area (Å²) >= 11 is 0. The first-order valence-corrected chi connectivity index (χ1v) is 7.80. The normalized spacial score (nSPS) is 15.2. The van der Waals surface area contributed by atoms with Crippen molar-refractivity contribution in [2.45, 2.75) is 13.0 Å². The highest BCUT2D eigenvalue weighted by atomic mass is 19.1. The van der Waals surface area contributed by atoms with E-state index >= 15 is 0 Å². The molecule has 6 nitrogen and oxygen atoms in total. The molecule has 25 heavy (non-hydrogen) atoms. The lowest BCUT2D eigenvalue weighted by molar-refractivity contribution is -0.118. The van der Waals surface area contributed by atoms with Crippen molar-refractivity contribution in [1.29, 1.82) is 0 Å². The Balaban J connectivity index is 1.71. The molecule has 7 heteroatoms. The largest absolute Gasteiger partial charge is 0.343 e. The van der Waals surface area contributed by atoms with E-state index in [-0.39, 0.29) is 24.1 Å². The van der Waals surface area contributed by atoms with Gasteiger partial charge in [-0.15, -0.1) is 0 Å². The first-order valence-electron chi connectivity index (χ1n) is 7.80. The van der Waals surface area contributed by atoms with E-state index in [1.54, 1.807) is 43.3 Å². The Morgan fingerprint density at radius 1 is 1.24 bits per heavy atom. The molecule has 1 aliphatic heterocycles. The van der Waals surface area contributed by atoms with Crippen molar-refractivity contribution < 1.29 is 14.0 Å². The van der Waals surface area contributed by atoms with Crippen molar-refractivity contribution in [2.75, 3.05) is 11.6 Å². The third kappa shape index (κ3) is 3.82. The van der Waals surface area contributed by atoms with Crippen LogP contribution in [-0.4, -0.2) is 24.2 Å². The maximum atomic E-state index is 13.3. The van der Waals surface area contributed by atoms with Crippen molar-refractivity contribution in [3.8, 4) is 0 Å².